The van der Waals surface area contributed by atoms with E-state index in [4.69, 9.17) is 9.47 Å². The number of hydrogen-bond donors (Lipinski definition) is 2. The highest BCUT2D eigenvalue weighted by Crippen LogP contribution is 2.30. The third-order valence-electron chi connectivity index (χ3n) is 4.80. The molecule has 2 N–H and O–H groups in total. The number of benzene rings is 3. The number of ether oxygens (including phenoxy) is 2. The summed E-state index contributed by atoms with van der Waals surface area (Å²) >= 11 is 0. The quantitative estimate of drug-likeness (QED) is 0.299. The number of carbonyl (C=O) groups is 3. The van der Waals surface area contributed by atoms with Gasteiger partial charge in [-0.3, -0.25) is 14.4 Å². The number of amides is 2. The van der Waals surface area contributed by atoms with Crippen LogP contribution in [0.5, 0.6) is 11.5 Å². The van der Waals surface area contributed by atoms with E-state index in [2.05, 4.69) is 10.6 Å². The summed E-state index contributed by atoms with van der Waals surface area (Å²) in [5, 5.41) is 5.75. The summed E-state index contributed by atoms with van der Waals surface area (Å²) in [4.78, 5) is 36.8. The molecule has 0 saturated heterocycles. The second-order valence-electron chi connectivity index (χ2n) is 7.40. The normalized spacial score (nSPS) is 10.4. The standard InChI is InChI=1S/C26H26N2O5/c1-18(29)33-22-14-13-21(17-23(22)32-2)26(27-24(30)15-19-9-5-3-6-10-19)28-25(31)16-20-11-7-4-8-12-20/h3-14,17,26H,15-16H2,1-2H3,(H,27,30)(H,28,31). The minimum absolute atomic E-state index is 0.161. The van der Waals surface area contributed by atoms with E-state index in [0.29, 0.717) is 11.3 Å². The van der Waals surface area contributed by atoms with E-state index < -0.39 is 12.1 Å². The van der Waals surface area contributed by atoms with Gasteiger partial charge in [-0.25, -0.2) is 0 Å². The molecule has 0 spiro atoms. The molecule has 33 heavy (non-hydrogen) atoms. The third-order valence-corrected chi connectivity index (χ3v) is 4.80. The Labute approximate surface area is 192 Å². The Kier molecular flexibility index (Phi) is 8.18. The molecule has 0 unspecified atom stereocenters. The van der Waals surface area contributed by atoms with Crippen LogP contribution in [-0.2, 0) is 27.2 Å². The molecular weight excluding hydrogens is 420 g/mol. The molecule has 0 aliphatic carbocycles. The van der Waals surface area contributed by atoms with E-state index in [9.17, 15) is 14.4 Å². The number of nitrogens with one attached hydrogen (secondary N) is 2. The van der Waals surface area contributed by atoms with Crippen molar-refractivity contribution in [3.8, 4) is 11.5 Å². The lowest BCUT2D eigenvalue weighted by Gasteiger charge is -2.22. The molecule has 7 nitrogen and oxygen atoms in total. The first-order valence-electron chi connectivity index (χ1n) is 10.5. The Bertz CT molecular complexity index is 1040. The van der Waals surface area contributed by atoms with Crippen molar-refractivity contribution in [1.82, 2.24) is 10.6 Å². The molecule has 3 aromatic carbocycles. The Balaban J connectivity index is 1.81. The largest absolute Gasteiger partial charge is 0.493 e. The minimum atomic E-state index is -0.808. The van der Waals surface area contributed by atoms with Gasteiger partial charge in [0, 0.05) is 6.92 Å². The summed E-state index contributed by atoms with van der Waals surface area (Å²) in [7, 11) is 1.45. The van der Waals surface area contributed by atoms with Crippen LogP contribution in [0.4, 0.5) is 0 Å². The van der Waals surface area contributed by atoms with Gasteiger partial charge in [0.15, 0.2) is 11.5 Å². The van der Waals surface area contributed by atoms with E-state index >= 15 is 0 Å². The van der Waals surface area contributed by atoms with Crippen molar-refractivity contribution in [2.24, 2.45) is 0 Å². The first kappa shape index (κ1) is 23.5. The Morgan fingerprint density at radius 3 is 1.73 bits per heavy atom. The van der Waals surface area contributed by atoms with E-state index in [0.717, 1.165) is 11.1 Å². The van der Waals surface area contributed by atoms with Gasteiger partial charge in [-0.2, -0.15) is 0 Å². The van der Waals surface area contributed by atoms with Gasteiger partial charge in [0.05, 0.1) is 20.0 Å². The molecule has 3 aromatic rings. The van der Waals surface area contributed by atoms with Crippen molar-refractivity contribution in [2.45, 2.75) is 25.9 Å². The van der Waals surface area contributed by atoms with Gasteiger partial charge in [-0.05, 0) is 28.8 Å². The van der Waals surface area contributed by atoms with Crippen LogP contribution < -0.4 is 20.1 Å². The molecule has 2 amide bonds. The summed E-state index contributed by atoms with van der Waals surface area (Å²) in [6.07, 6.45) is -0.485. The van der Waals surface area contributed by atoms with Crippen molar-refractivity contribution in [3.63, 3.8) is 0 Å². The molecule has 0 aliphatic heterocycles. The summed E-state index contributed by atoms with van der Waals surface area (Å²) in [6, 6.07) is 23.5. The molecule has 0 heterocycles. The molecule has 0 aliphatic rings. The molecule has 0 aromatic heterocycles. The number of methoxy groups -OCH3 is 1. The molecular formula is C26H26N2O5. The fraction of sp³-hybridized carbons (Fsp3) is 0.192. The zero-order valence-electron chi connectivity index (χ0n) is 18.5. The van der Waals surface area contributed by atoms with Crippen molar-refractivity contribution in [2.75, 3.05) is 7.11 Å². The van der Waals surface area contributed by atoms with E-state index in [-0.39, 0.29) is 30.4 Å². The minimum Gasteiger partial charge on any atom is -0.493 e. The van der Waals surface area contributed by atoms with Gasteiger partial charge >= 0.3 is 5.97 Å². The fourth-order valence-corrected chi connectivity index (χ4v) is 3.29. The molecule has 0 bridgehead atoms. The monoisotopic (exact) mass is 446 g/mol. The number of esters is 1. The maximum absolute atomic E-state index is 12.7. The van der Waals surface area contributed by atoms with Crippen LogP contribution in [0.1, 0.15) is 29.8 Å². The van der Waals surface area contributed by atoms with E-state index in [1.165, 1.54) is 14.0 Å². The van der Waals surface area contributed by atoms with E-state index in [1.807, 2.05) is 60.7 Å². The highest BCUT2D eigenvalue weighted by molar-refractivity contribution is 5.82. The van der Waals surface area contributed by atoms with Gasteiger partial charge in [0.1, 0.15) is 6.17 Å². The lowest BCUT2D eigenvalue weighted by atomic mass is 10.1. The first-order valence-corrected chi connectivity index (χ1v) is 10.5. The Morgan fingerprint density at radius 2 is 1.27 bits per heavy atom. The number of hydrogen-bond acceptors (Lipinski definition) is 5. The van der Waals surface area contributed by atoms with Crippen molar-refractivity contribution < 1.29 is 23.9 Å². The highest BCUT2D eigenvalue weighted by Gasteiger charge is 2.20. The third kappa shape index (κ3) is 7.21. The van der Waals surface area contributed by atoms with Gasteiger partial charge in [0.2, 0.25) is 11.8 Å². The van der Waals surface area contributed by atoms with Crippen LogP contribution in [0.3, 0.4) is 0 Å². The summed E-state index contributed by atoms with van der Waals surface area (Å²) in [6.45, 7) is 1.30. The summed E-state index contributed by atoms with van der Waals surface area (Å²) in [5.74, 6) is -0.436. The van der Waals surface area contributed by atoms with E-state index in [1.54, 1.807) is 18.2 Å². The fourth-order valence-electron chi connectivity index (χ4n) is 3.29. The number of carbonyl (C=O) groups excluding carboxylic acids is 3. The molecule has 0 radical (unpaired) electrons. The predicted octanol–water partition coefficient (Wildman–Crippen LogP) is 3.34. The second kappa shape index (κ2) is 11.5. The SMILES string of the molecule is COc1cc(C(NC(=O)Cc2ccccc2)NC(=O)Cc2ccccc2)ccc1OC(C)=O. The summed E-state index contributed by atoms with van der Waals surface area (Å²) in [5.41, 5.74) is 2.28. The maximum Gasteiger partial charge on any atom is 0.308 e. The zero-order chi connectivity index (χ0) is 23.6. The smallest absolute Gasteiger partial charge is 0.308 e. The number of rotatable bonds is 9. The average molecular weight is 447 g/mol. The van der Waals surface area contributed by atoms with Crippen molar-refractivity contribution in [1.29, 1.82) is 0 Å². The van der Waals surface area contributed by atoms with Crippen LogP contribution >= 0.6 is 0 Å². The lowest BCUT2D eigenvalue weighted by Crippen LogP contribution is -2.42. The Hall–Kier alpha value is -4.13. The van der Waals surface area contributed by atoms with Crippen LogP contribution in [0.15, 0.2) is 78.9 Å². The van der Waals surface area contributed by atoms with Crippen molar-refractivity contribution in [3.05, 3.63) is 95.6 Å². The predicted molar refractivity (Wildman–Crippen MR) is 124 cm³/mol. The molecule has 0 saturated carbocycles. The van der Waals surface area contributed by atoms with Gasteiger partial charge in [-0.1, -0.05) is 66.7 Å². The first-order chi connectivity index (χ1) is 15.9. The van der Waals surface area contributed by atoms with Crippen LogP contribution in [0.2, 0.25) is 0 Å². The molecule has 7 heteroatoms. The molecule has 0 atom stereocenters. The topological polar surface area (TPSA) is 93.7 Å². The van der Waals surface area contributed by atoms with Gasteiger partial charge in [-0.15, -0.1) is 0 Å². The van der Waals surface area contributed by atoms with Gasteiger partial charge < -0.3 is 20.1 Å². The average Bonchev–Trinajstić information content (AvgIpc) is 2.80. The van der Waals surface area contributed by atoms with Crippen LogP contribution in [-0.4, -0.2) is 24.9 Å². The maximum atomic E-state index is 12.7. The van der Waals surface area contributed by atoms with Gasteiger partial charge in [0.25, 0.3) is 0 Å². The van der Waals surface area contributed by atoms with Crippen LogP contribution in [0.25, 0.3) is 0 Å². The second-order valence-corrected chi connectivity index (χ2v) is 7.40. The molecule has 0 fully saturated rings. The molecule has 170 valence electrons. The van der Waals surface area contributed by atoms with Crippen LogP contribution in [0, 0.1) is 0 Å². The highest BCUT2D eigenvalue weighted by atomic mass is 16.6. The zero-order valence-corrected chi connectivity index (χ0v) is 18.5. The van der Waals surface area contributed by atoms with Crippen molar-refractivity contribution >= 4 is 17.8 Å². The lowest BCUT2D eigenvalue weighted by molar-refractivity contribution is -0.132. The Morgan fingerprint density at radius 1 is 0.758 bits per heavy atom. The summed E-state index contributed by atoms with van der Waals surface area (Å²) < 4.78 is 10.5. The molecule has 3 rings (SSSR count).